The van der Waals surface area contributed by atoms with Crippen molar-refractivity contribution in [2.45, 2.75) is 118 Å². The van der Waals surface area contributed by atoms with Gasteiger partial charge in [-0.1, -0.05) is 81.5 Å². The van der Waals surface area contributed by atoms with E-state index >= 15 is 0 Å². The maximum absolute atomic E-state index is 12.1. The topological polar surface area (TPSA) is 26.3 Å². The van der Waals surface area contributed by atoms with E-state index in [9.17, 15) is 4.79 Å². The number of carbonyl (C=O) groups excluding carboxylic acids is 1. The fourth-order valence-electron chi connectivity index (χ4n) is 9.07. The van der Waals surface area contributed by atoms with Crippen LogP contribution in [-0.2, 0) is 9.53 Å². The number of rotatable bonds is 8. The number of halogens is 1. The van der Waals surface area contributed by atoms with Crippen LogP contribution in [0.2, 0.25) is 0 Å². The molecule has 0 N–H and O–H groups in total. The summed E-state index contributed by atoms with van der Waals surface area (Å²) in [6.07, 6.45) is 17.7. The Morgan fingerprint density at radius 2 is 1.88 bits per heavy atom. The van der Waals surface area contributed by atoms with Gasteiger partial charge in [-0.25, -0.2) is 0 Å². The van der Waals surface area contributed by atoms with Crippen molar-refractivity contribution in [1.29, 1.82) is 0 Å². The summed E-state index contributed by atoms with van der Waals surface area (Å²) >= 11 is 3.36. The van der Waals surface area contributed by atoms with Crippen LogP contribution in [0.4, 0.5) is 0 Å². The minimum absolute atomic E-state index is 0.0392. The van der Waals surface area contributed by atoms with Gasteiger partial charge >= 0.3 is 5.97 Å². The molecular formula is C30H49BrO2. The maximum Gasteiger partial charge on any atom is 0.306 e. The first-order valence-corrected chi connectivity index (χ1v) is 15.3. The van der Waals surface area contributed by atoms with E-state index in [-0.39, 0.29) is 12.1 Å². The van der Waals surface area contributed by atoms with Gasteiger partial charge in [0.2, 0.25) is 0 Å². The first kappa shape index (κ1) is 25.8. The fraction of sp³-hybridized carbons (Fsp3) is 0.900. The Morgan fingerprint density at radius 1 is 1.09 bits per heavy atom. The average molecular weight is 522 g/mol. The third-order valence-corrected chi connectivity index (χ3v) is 11.3. The van der Waals surface area contributed by atoms with Crippen LogP contribution in [0.25, 0.3) is 0 Å². The molecule has 0 aromatic carbocycles. The maximum atomic E-state index is 12.1. The van der Waals surface area contributed by atoms with E-state index in [4.69, 9.17) is 4.74 Å². The Morgan fingerprint density at radius 3 is 2.61 bits per heavy atom. The highest BCUT2D eigenvalue weighted by atomic mass is 79.9. The van der Waals surface area contributed by atoms with Crippen LogP contribution in [0.5, 0.6) is 0 Å². The summed E-state index contributed by atoms with van der Waals surface area (Å²) in [5, 5.41) is 0.695. The van der Waals surface area contributed by atoms with Crippen molar-refractivity contribution in [3.05, 3.63) is 11.6 Å². The predicted octanol–water partition coefficient (Wildman–Crippen LogP) is 8.72. The summed E-state index contributed by atoms with van der Waals surface area (Å²) in [5.41, 5.74) is 2.51. The van der Waals surface area contributed by atoms with Crippen molar-refractivity contribution in [1.82, 2.24) is 0 Å². The molecule has 0 radical (unpaired) electrons. The monoisotopic (exact) mass is 520 g/mol. The molecule has 0 heterocycles. The summed E-state index contributed by atoms with van der Waals surface area (Å²) in [6.45, 7) is 12.6. The van der Waals surface area contributed by atoms with E-state index in [1.165, 1.54) is 57.8 Å². The van der Waals surface area contributed by atoms with Crippen LogP contribution >= 0.6 is 15.9 Å². The van der Waals surface area contributed by atoms with Gasteiger partial charge in [0.15, 0.2) is 0 Å². The molecule has 2 nitrogen and oxygen atoms in total. The largest absolute Gasteiger partial charge is 0.462 e. The van der Waals surface area contributed by atoms with Gasteiger partial charge in [-0.3, -0.25) is 4.79 Å². The number of allylic oxidation sites excluding steroid dienone is 1. The number of hydrogen-bond acceptors (Lipinski definition) is 2. The van der Waals surface area contributed by atoms with E-state index < -0.39 is 0 Å². The van der Waals surface area contributed by atoms with Gasteiger partial charge in [-0.15, -0.1) is 0 Å². The van der Waals surface area contributed by atoms with Crippen LogP contribution < -0.4 is 0 Å². The zero-order valence-electron chi connectivity index (χ0n) is 22.0. The zero-order valence-corrected chi connectivity index (χ0v) is 23.6. The summed E-state index contributed by atoms with van der Waals surface area (Å²) in [4.78, 5) is 12.1. The normalized spacial score (nSPS) is 41.1. The van der Waals surface area contributed by atoms with Crippen molar-refractivity contribution in [2.75, 3.05) is 5.33 Å². The Balaban J connectivity index is 1.43. The van der Waals surface area contributed by atoms with Gasteiger partial charge in [0.25, 0.3) is 0 Å². The molecule has 3 heteroatoms. The lowest BCUT2D eigenvalue weighted by Gasteiger charge is -2.58. The average Bonchev–Trinajstić information content (AvgIpc) is 3.11. The van der Waals surface area contributed by atoms with Crippen LogP contribution in [0.15, 0.2) is 11.6 Å². The minimum Gasteiger partial charge on any atom is -0.462 e. The minimum atomic E-state index is -0.0392. The second kappa shape index (κ2) is 10.4. The van der Waals surface area contributed by atoms with E-state index in [1.807, 2.05) is 0 Å². The third-order valence-electron chi connectivity index (χ3n) is 10.9. The molecule has 0 aliphatic heterocycles. The molecule has 188 valence electrons. The lowest BCUT2D eigenvalue weighted by atomic mass is 9.47. The fourth-order valence-corrected chi connectivity index (χ4v) is 9.40. The van der Waals surface area contributed by atoms with Crippen molar-refractivity contribution >= 4 is 21.9 Å². The van der Waals surface area contributed by atoms with Crippen LogP contribution in [0.3, 0.4) is 0 Å². The highest BCUT2D eigenvalue weighted by Crippen LogP contribution is 2.67. The van der Waals surface area contributed by atoms with Gasteiger partial charge in [-0.05, 0) is 91.3 Å². The van der Waals surface area contributed by atoms with Crippen LogP contribution in [-0.4, -0.2) is 17.4 Å². The van der Waals surface area contributed by atoms with Gasteiger partial charge in [0, 0.05) is 11.8 Å². The summed E-state index contributed by atoms with van der Waals surface area (Å²) in [5.74, 6) is 5.23. The quantitative estimate of drug-likeness (QED) is 0.181. The number of fused-ring (bicyclic) bond motifs is 5. The molecular weight excluding hydrogens is 472 g/mol. The molecule has 3 fully saturated rings. The van der Waals surface area contributed by atoms with Crippen molar-refractivity contribution < 1.29 is 9.53 Å². The molecule has 3 saturated carbocycles. The molecule has 33 heavy (non-hydrogen) atoms. The van der Waals surface area contributed by atoms with Gasteiger partial charge in [0.1, 0.15) is 6.10 Å². The molecule has 4 aliphatic rings. The second-order valence-corrected chi connectivity index (χ2v) is 13.9. The molecule has 0 unspecified atom stereocenters. The van der Waals surface area contributed by atoms with Gasteiger partial charge in [-0.2, -0.15) is 0 Å². The summed E-state index contributed by atoms with van der Waals surface area (Å²) < 4.78 is 5.82. The zero-order chi connectivity index (χ0) is 23.8. The summed E-state index contributed by atoms with van der Waals surface area (Å²) in [6, 6.07) is 0. The standard InChI is InChI=1S/C30H49BrO2/c1-20(2)7-6-8-21(3)25-11-12-26-24-10-9-22-19-23(33-28(32)15-18-31)13-16-29(22,4)27(24)14-17-30(25,26)5/h9,20-21,23-27H,6-8,10-19H2,1-5H3/t21-,23-,24+,25+,26-,27+,29-,30+/m0/s1. The predicted molar refractivity (Wildman–Crippen MR) is 141 cm³/mol. The highest BCUT2D eigenvalue weighted by molar-refractivity contribution is 9.09. The molecule has 0 spiro atoms. The highest BCUT2D eigenvalue weighted by Gasteiger charge is 2.59. The smallest absolute Gasteiger partial charge is 0.306 e. The number of esters is 1. The van der Waals surface area contributed by atoms with E-state index in [0.29, 0.717) is 22.6 Å². The number of alkyl halides is 1. The van der Waals surface area contributed by atoms with Gasteiger partial charge in [0.05, 0.1) is 6.42 Å². The van der Waals surface area contributed by atoms with Gasteiger partial charge < -0.3 is 4.74 Å². The van der Waals surface area contributed by atoms with E-state index in [2.05, 4.69) is 56.6 Å². The Labute approximate surface area is 212 Å². The number of carbonyl (C=O) groups is 1. The summed E-state index contributed by atoms with van der Waals surface area (Å²) in [7, 11) is 0. The molecule has 8 atom stereocenters. The first-order chi connectivity index (χ1) is 15.7. The number of hydrogen-bond donors (Lipinski definition) is 0. The van der Waals surface area contributed by atoms with Crippen molar-refractivity contribution in [3.63, 3.8) is 0 Å². The lowest BCUT2D eigenvalue weighted by molar-refractivity contribution is -0.151. The Bertz CT molecular complexity index is 729. The molecule has 0 aromatic heterocycles. The Kier molecular flexibility index (Phi) is 8.09. The molecule has 0 bridgehead atoms. The van der Waals surface area contributed by atoms with Crippen molar-refractivity contribution in [2.24, 2.45) is 46.3 Å². The number of ether oxygens (including phenoxy) is 1. The third kappa shape index (κ3) is 5.01. The van der Waals surface area contributed by atoms with Crippen LogP contribution in [0.1, 0.15) is 112 Å². The van der Waals surface area contributed by atoms with E-state index in [1.54, 1.807) is 5.57 Å². The van der Waals surface area contributed by atoms with Crippen LogP contribution in [0, 0.1) is 46.3 Å². The molecule has 0 aromatic rings. The SMILES string of the molecule is CC(C)CCC[C@H](C)[C@H]1CC[C@H]2[C@H]3CC=C4C[C@@H](OC(=O)CCBr)CC[C@]4(C)[C@@H]3CC[C@]12C. The molecule has 4 rings (SSSR count). The molecule has 0 saturated heterocycles. The second-order valence-electron chi connectivity index (χ2n) is 13.1. The molecule has 4 aliphatic carbocycles. The lowest BCUT2D eigenvalue weighted by Crippen LogP contribution is -2.51. The van der Waals surface area contributed by atoms with Crippen molar-refractivity contribution in [3.8, 4) is 0 Å². The van der Waals surface area contributed by atoms with E-state index in [0.717, 1.165) is 48.3 Å². The molecule has 0 amide bonds. The first-order valence-electron chi connectivity index (χ1n) is 14.1. The Hall–Kier alpha value is -0.310.